The molecule has 0 saturated heterocycles. The third-order valence-corrected chi connectivity index (χ3v) is 3.03. The van der Waals surface area contributed by atoms with E-state index in [0.717, 1.165) is 17.1 Å². The van der Waals surface area contributed by atoms with Gasteiger partial charge in [-0.05, 0) is 31.0 Å². The Bertz CT molecular complexity index is 428. The number of aryl methyl sites for hydroxylation is 1. The van der Waals surface area contributed by atoms with Gasteiger partial charge in [-0.25, -0.2) is 0 Å². The van der Waals surface area contributed by atoms with E-state index in [2.05, 4.69) is 0 Å². The summed E-state index contributed by atoms with van der Waals surface area (Å²) in [6, 6.07) is 5.81. The van der Waals surface area contributed by atoms with Crippen LogP contribution in [-0.4, -0.2) is 19.6 Å². The van der Waals surface area contributed by atoms with E-state index in [1.165, 1.54) is 0 Å². The zero-order chi connectivity index (χ0) is 13.8. The molecule has 1 rings (SSSR count). The van der Waals surface area contributed by atoms with Crippen LogP contribution in [0.5, 0.6) is 11.5 Å². The quantitative estimate of drug-likeness (QED) is 0.602. The van der Waals surface area contributed by atoms with Crippen LogP contribution >= 0.6 is 0 Å². The highest BCUT2D eigenvalue weighted by atomic mass is 16.5. The van der Waals surface area contributed by atoms with Crippen LogP contribution in [0.3, 0.4) is 0 Å². The lowest BCUT2D eigenvalue weighted by molar-refractivity contribution is 0.256. The van der Waals surface area contributed by atoms with Crippen LogP contribution in [0.1, 0.15) is 25.8 Å². The fourth-order valence-corrected chi connectivity index (χ4v) is 1.44. The van der Waals surface area contributed by atoms with E-state index in [1.54, 1.807) is 7.11 Å². The van der Waals surface area contributed by atoms with E-state index in [1.807, 2.05) is 39.0 Å². The van der Waals surface area contributed by atoms with Gasteiger partial charge in [0.15, 0.2) is 11.5 Å². The molecular formula is C14H22N2O2. The average Bonchev–Trinajstić information content (AvgIpc) is 2.30. The van der Waals surface area contributed by atoms with Crippen molar-refractivity contribution in [1.29, 1.82) is 5.41 Å². The average molecular weight is 250 g/mol. The molecule has 0 fully saturated rings. The molecule has 100 valence electrons. The van der Waals surface area contributed by atoms with Crippen molar-refractivity contribution in [1.82, 2.24) is 0 Å². The number of benzene rings is 1. The minimum absolute atomic E-state index is 0.182. The van der Waals surface area contributed by atoms with E-state index >= 15 is 0 Å². The zero-order valence-electron chi connectivity index (χ0n) is 11.5. The highest BCUT2D eigenvalue weighted by Gasteiger charge is 2.21. The van der Waals surface area contributed by atoms with Crippen LogP contribution in [-0.2, 0) is 0 Å². The summed E-state index contributed by atoms with van der Waals surface area (Å²) in [5.41, 5.74) is 6.32. The molecule has 0 bridgehead atoms. The van der Waals surface area contributed by atoms with Gasteiger partial charge in [-0.2, -0.15) is 0 Å². The third kappa shape index (κ3) is 3.65. The SMILES string of the molecule is COc1cc(C)ccc1OCCC(C)(C)C(=N)N. The minimum atomic E-state index is -0.335. The first-order valence-corrected chi connectivity index (χ1v) is 5.99. The molecule has 18 heavy (non-hydrogen) atoms. The first-order chi connectivity index (χ1) is 8.36. The number of amidine groups is 1. The van der Waals surface area contributed by atoms with E-state index in [-0.39, 0.29) is 11.3 Å². The maximum atomic E-state index is 7.48. The van der Waals surface area contributed by atoms with Gasteiger partial charge in [0, 0.05) is 5.41 Å². The van der Waals surface area contributed by atoms with Crippen molar-refractivity contribution in [2.24, 2.45) is 11.1 Å². The number of nitrogens with two attached hydrogens (primary N) is 1. The Balaban J connectivity index is 2.62. The fraction of sp³-hybridized carbons (Fsp3) is 0.500. The van der Waals surface area contributed by atoms with Crippen LogP contribution in [0.2, 0.25) is 0 Å². The van der Waals surface area contributed by atoms with Crippen molar-refractivity contribution in [3.63, 3.8) is 0 Å². The van der Waals surface area contributed by atoms with Crippen LogP contribution in [0.25, 0.3) is 0 Å². The van der Waals surface area contributed by atoms with Crippen molar-refractivity contribution in [3.8, 4) is 11.5 Å². The Morgan fingerprint density at radius 1 is 1.33 bits per heavy atom. The van der Waals surface area contributed by atoms with Crippen LogP contribution in [0.15, 0.2) is 18.2 Å². The third-order valence-electron chi connectivity index (χ3n) is 3.03. The number of rotatable bonds is 6. The van der Waals surface area contributed by atoms with E-state index in [0.29, 0.717) is 13.0 Å². The first-order valence-electron chi connectivity index (χ1n) is 5.99. The molecule has 0 spiro atoms. The molecule has 1 aromatic rings. The molecular weight excluding hydrogens is 228 g/mol. The van der Waals surface area contributed by atoms with Gasteiger partial charge < -0.3 is 15.2 Å². The Morgan fingerprint density at radius 2 is 2.00 bits per heavy atom. The fourth-order valence-electron chi connectivity index (χ4n) is 1.44. The molecule has 0 atom stereocenters. The lowest BCUT2D eigenvalue weighted by Crippen LogP contribution is -2.32. The minimum Gasteiger partial charge on any atom is -0.493 e. The zero-order valence-corrected chi connectivity index (χ0v) is 11.5. The summed E-state index contributed by atoms with van der Waals surface area (Å²) in [5.74, 6) is 1.64. The van der Waals surface area contributed by atoms with E-state index < -0.39 is 0 Å². The van der Waals surface area contributed by atoms with Gasteiger partial charge in [0.2, 0.25) is 0 Å². The maximum absolute atomic E-state index is 7.48. The largest absolute Gasteiger partial charge is 0.493 e. The smallest absolute Gasteiger partial charge is 0.161 e. The summed E-state index contributed by atoms with van der Waals surface area (Å²) in [5, 5.41) is 7.48. The second-order valence-corrected chi connectivity index (χ2v) is 5.05. The molecule has 0 amide bonds. The van der Waals surface area contributed by atoms with Gasteiger partial charge in [0.25, 0.3) is 0 Å². The Hall–Kier alpha value is -1.71. The van der Waals surface area contributed by atoms with Gasteiger partial charge in [0.1, 0.15) is 0 Å². The highest BCUT2D eigenvalue weighted by molar-refractivity contribution is 5.82. The molecule has 0 unspecified atom stereocenters. The molecule has 4 nitrogen and oxygen atoms in total. The standard InChI is InChI=1S/C14H22N2O2/c1-10-5-6-11(12(9-10)17-4)18-8-7-14(2,3)13(15)16/h5-6,9H,7-8H2,1-4H3,(H3,15,16). The predicted molar refractivity (Wildman–Crippen MR) is 73.5 cm³/mol. The lowest BCUT2D eigenvalue weighted by Gasteiger charge is -2.23. The highest BCUT2D eigenvalue weighted by Crippen LogP contribution is 2.29. The molecule has 0 aliphatic carbocycles. The summed E-state index contributed by atoms with van der Waals surface area (Å²) in [4.78, 5) is 0. The van der Waals surface area contributed by atoms with Crippen molar-refractivity contribution in [2.75, 3.05) is 13.7 Å². The predicted octanol–water partition coefficient (Wildman–Crippen LogP) is 2.73. The molecule has 0 saturated carbocycles. The normalized spacial score (nSPS) is 11.1. The molecule has 0 aliphatic heterocycles. The summed E-state index contributed by atoms with van der Waals surface area (Å²) in [6.07, 6.45) is 0.694. The second kappa shape index (κ2) is 5.76. The molecule has 1 aromatic carbocycles. The number of nitrogens with one attached hydrogen (secondary N) is 1. The van der Waals surface area contributed by atoms with E-state index in [4.69, 9.17) is 20.6 Å². The van der Waals surface area contributed by atoms with Crippen LogP contribution in [0, 0.1) is 17.7 Å². The summed E-state index contributed by atoms with van der Waals surface area (Å²) >= 11 is 0. The van der Waals surface area contributed by atoms with Crippen molar-refractivity contribution >= 4 is 5.84 Å². The van der Waals surface area contributed by atoms with Crippen LogP contribution in [0.4, 0.5) is 0 Å². The topological polar surface area (TPSA) is 68.3 Å². The second-order valence-electron chi connectivity index (χ2n) is 5.05. The number of methoxy groups -OCH3 is 1. The first kappa shape index (κ1) is 14.4. The molecule has 4 heteroatoms. The molecule has 0 aliphatic rings. The summed E-state index contributed by atoms with van der Waals surface area (Å²) in [7, 11) is 1.63. The summed E-state index contributed by atoms with van der Waals surface area (Å²) < 4.78 is 11.0. The lowest BCUT2D eigenvalue weighted by atomic mass is 9.88. The van der Waals surface area contributed by atoms with Crippen molar-refractivity contribution in [3.05, 3.63) is 23.8 Å². The van der Waals surface area contributed by atoms with Gasteiger partial charge in [-0.15, -0.1) is 0 Å². The Morgan fingerprint density at radius 3 is 2.56 bits per heavy atom. The Labute approximate surface area is 109 Å². The monoisotopic (exact) mass is 250 g/mol. The molecule has 0 radical (unpaired) electrons. The Kier molecular flexibility index (Phi) is 4.59. The van der Waals surface area contributed by atoms with Crippen molar-refractivity contribution in [2.45, 2.75) is 27.2 Å². The van der Waals surface area contributed by atoms with Gasteiger partial charge in [0.05, 0.1) is 19.6 Å². The summed E-state index contributed by atoms with van der Waals surface area (Å²) in [6.45, 7) is 6.38. The molecule has 3 N–H and O–H groups in total. The number of hydrogen-bond donors (Lipinski definition) is 2. The molecule has 0 aromatic heterocycles. The van der Waals surface area contributed by atoms with Crippen molar-refractivity contribution < 1.29 is 9.47 Å². The van der Waals surface area contributed by atoms with Gasteiger partial charge in [-0.3, -0.25) is 5.41 Å². The van der Waals surface area contributed by atoms with E-state index in [9.17, 15) is 0 Å². The maximum Gasteiger partial charge on any atom is 0.161 e. The number of ether oxygens (including phenoxy) is 2. The van der Waals surface area contributed by atoms with Gasteiger partial charge >= 0.3 is 0 Å². The molecule has 0 heterocycles. The van der Waals surface area contributed by atoms with Gasteiger partial charge in [-0.1, -0.05) is 19.9 Å². The van der Waals surface area contributed by atoms with Crippen LogP contribution < -0.4 is 15.2 Å². The number of hydrogen-bond acceptors (Lipinski definition) is 3.